The topological polar surface area (TPSA) is 43.1 Å². The van der Waals surface area contributed by atoms with E-state index in [0.29, 0.717) is 10.6 Å². The van der Waals surface area contributed by atoms with Crippen molar-refractivity contribution in [2.45, 2.75) is 0 Å². The summed E-state index contributed by atoms with van der Waals surface area (Å²) >= 11 is 6.24. The van der Waals surface area contributed by atoms with E-state index in [-0.39, 0.29) is 5.56 Å². The molecule has 0 heterocycles. The zero-order valence-corrected chi connectivity index (χ0v) is 12.6. The second-order valence-corrected chi connectivity index (χ2v) is 5.33. The van der Waals surface area contributed by atoms with Gasteiger partial charge in [-0.25, -0.2) is 0 Å². The molecule has 0 amide bonds. The van der Waals surface area contributed by atoms with E-state index in [2.05, 4.69) is 0 Å². The lowest BCUT2D eigenvalue weighted by atomic mass is 9.94. The van der Waals surface area contributed by atoms with Gasteiger partial charge in [-0.1, -0.05) is 66.2 Å². The van der Waals surface area contributed by atoms with Gasteiger partial charge < -0.3 is 0 Å². The average molecular weight is 328 g/mol. The van der Waals surface area contributed by atoms with Crippen molar-refractivity contribution in [3.63, 3.8) is 0 Å². The predicted molar refractivity (Wildman–Crippen MR) is 88.9 cm³/mol. The van der Waals surface area contributed by atoms with Crippen LogP contribution in [0.3, 0.4) is 0 Å². The van der Waals surface area contributed by atoms with Gasteiger partial charge in [-0.3, -0.25) is 10.1 Å². The Morgan fingerprint density at radius 1 is 0.783 bits per heavy atom. The van der Waals surface area contributed by atoms with Gasteiger partial charge in [0.2, 0.25) is 5.82 Å². The fourth-order valence-corrected chi connectivity index (χ4v) is 2.74. The van der Waals surface area contributed by atoms with Crippen LogP contribution in [0.15, 0.2) is 66.7 Å². The molecule has 0 saturated heterocycles. The number of nitro groups is 1. The highest BCUT2D eigenvalue weighted by Gasteiger charge is 2.20. The van der Waals surface area contributed by atoms with Crippen LogP contribution in [-0.2, 0) is 0 Å². The minimum atomic E-state index is -0.850. The summed E-state index contributed by atoms with van der Waals surface area (Å²) in [6, 6.07) is 18.5. The van der Waals surface area contributed by atoms with Crippen molar-refractivity contribution in [1.29, 1.82) is 0 Å². The number of nitro benzene ring substituents is 1. The Balaban J connectivity index is 2.26. The molecule has 0 atom stereocenters. The molecule has 3 aromatic rings. The summed E-state index contributed by atoms with van der Waals surface area (Å²) in [5.74, 6) is -0.850. The number of rotatable bonds is 3. The standard InChI is InChI=1S/C18H11ClFNO2/c19-16-10-4-3-8-14(16)12-6-1-2-7-13(12)15-9-5-11-17(18(15)20)21(22)23/h1-11H. The van der Waals surface area contributed by atoms with E-state index in [0.717, 1.165) is 17.2 Å². The third kappa shape index (κ3) is 2.81. The van der Waals surface area contributed by atoms with Gasteiger partial charge in [0.15, 0.2) is 0 Å². The molecule has 0 spiro atoms. The van der Waals surface area contributed by atoms with Crippen LogP contribution in [0.25, 0.3) is 22.3 Å². The largest absolute Gasteiger partial charge is 0.305 e. The Labute approximate surface area is 137 Å². The number of nitrogens with zero attached hydrogens (tertiary/aromatic N) is 1. The smallest absolute Gasteiger partial charge is 0.258 e. The number of benzene rings is 3. The molecule has 0 unspecified atom stereocenters. The first-order chi connectivity index (χ1) is 11.1. The zero-order valence-electron chi connectivity index (χ0n) is 11.9. The van der Waals surface area contributed by atoms with Crippen LogP contribution in [0.5, 0.6) is 0 Å². The summed E-state index contributed by atoms with van der Waals surface area (Å²) < 4.78 is 14.5. The molecule has 3 nitrogen and oxygen atoms in total. The summed E-state index contributed by atoms with van der Waals surface area (Å²) in [7, 11) is 0. The molecular formula is C18H11ClFNO2. The molecule has 0 aromatic heterocycles. The van der Waals surface area contributed by atoms with Gasteiger partial charge in [-0.15, -0.1) is 0 Å². The first-order valence-corrected chi connectivity index (χ1v) is 7.24. The van der Waals surface area contributed by atoms with Gasteiger partial charge in [-0.05, 0) is 17.2 Å². The molecule has 3 aromatic carbocycles. The molecule has 3 rings (SSSR count). The summed E-state index contributed by atoms with van der Waals surface area (Å²) in [5.41, 5.74) is 1.65. The minimum Gasteiger partial charge on any atom is -0.258 e. The highest BCUT2D eigenvalue weighted by Crippen LogP contribution is 2.38. The van der Waals surface area contributed by atoms with Gasteiger partial charge >= 0.3 is 5.69 Å². The molecule has 0 saturated carbocycles. The van der Waals surface area contributed by atoms with Crippen molar-refractivity contribution < 1.29 is 9.31 Å². The molecule has 0 N–H and O–H groups in total. The third-order valence-corrected chi connectivity index (χ3v) is 3.89. The summed E-state index contributed by atoms with van der Waals surface area (Å²) in [5, 5.41) is 11.5. The van der Waals surface area contributed by atoms with Crippen LogP contribution in [-0.4, -0.2) is 4.92 Å². The van der Waals surface area contributed by atoms with E-state index >= 15 is 0 Å². The fourth-order valence-electron chi connectivity index (χ4n) is 2.50. The molecule has 0 aliphatic rings. The van der Waals surface area contributed by atoms with Crippen molar-refractivity contribution >= 4 is 17.3 Å². The van der Waals surface area contributed by atoms with E-state index in [4.69, 9.17) is 11.6 Å². The Morgan fingerprint density at radius 3 is 1.91 bits per heavy atom. The lowest BCUT2D eigenvalue weighted by molar-refractivity contribution is -0.387. The van der Waals surface area contributed by atoms with Gasteiger partial charge in [0.1, 0.15) is 0 Å². The number of hydrogen-bond acceptors (Lipinski definition) is 2. The van der Waals surface area contributed by atoms with Crippen LogP contribution in [0, 0.1) is 15.9 Å². The predicted octanol–water partition coefficient (Wildman–Crippen LogP) is 5.72. The van der Waals surface area contributed by atoms with Crippen LogP contribution in [0.4, 0.5) is 10.1 Å². The summed E-state index contributed by atoms with van der Waals surface area (Å²) in [4.78, 5) is 10.2. The van der Waals surface area contributed by atoms with E-state index in [1.807, 2.05) is 30.3 Å². The molecule has 0 aliphatic heterocycles. The molecular weight excluding hydrogens is 317 g/mol. The Kier molecular flexibility index (Phi) is 4.08. The second kappa shape index (κ2) is 6.18. The summed E-state index contributed by atoms with van der Waals surface area (Å²) in [6.07, 6.45) is 0. The average Bonchev–Trinajstić information content (AvgIpc) is 2.55. The molecule has 0 fully saturated rings. The normalized spacial score (nSPS) is 10.5. The first-order valence-electron chi connectivity index (χ1n) is 6.87. The quantitative estimate of drug-likeness (QED) is 0.456. The van der Waals surface area contributed by atoms with Gasteiger partial charge in [0.05, 0.1) is 4.92 Å². The van der Waals surface area contributed by atoms with Crippen molar-refractivity contribution in [2.24, 2.45) is 0 Å². The van der Waals surface area contributed by atoms with Crippen LogP contribution in [0.2, 0.25) is 5.02 Å². The van der Waals surface area contributed by atoms with E-state index in [1.54, 1.807) is 18.2 Å². The van der Waals surface area contributed by atoms with Crippen LogP contribution in [0.1, 0.15) is 0 Å². The Hall–Kier alpha value is -2.72. The molecule has 0 aliphatic carbocycles. The maximum atomic E-state index is 14.5. The van der Waals surface area contributed by atoms with Crippen molar-refractivity contribution in [1.82, 2.24) is 0 Å². The van der Waals surface area contributed by atoms with E-state index < -0.39 is 16.4 Å². The molecule has 114 valence electrons. The third-order valence-electron chi connectivity index (χ3n) is 3.56. The lowest BCUT2D eigenvalue weighted by Crippen LogP contribution is -1.95. The van der Waals surface area contributed by atoms with E-state index in [1.165, 1.54) is 12.1 Å². The van der Waals surface area contributed by atoms with Gasteiger partial charge in [0.25, 0.3) is 0 Å². The number of hydrogen-bond donors (Lipinski definition) is 0. The maximum Gasteiger partial charge on any atom is 0.305 e. The molecule has 5 heteroatoms. The van der Waals surface area contributed by atoms with Crippen molar-refractivity contribution in [2.75, 3.05) is 0 Å². The monoisotopic (exact) mass is 327 g/mol. The fraction of sp³-hybridized carbons (Fsp3) is 0. The van der Waals surface area contributed by atoms with Crippen molar-refractivity contribution in [3.8, 4) is 22.3 Å². The molecule has 23 heavy (non-hydrogen) atoms. The SMILES string of the molecule is O=[N+]([O-])c1cccc(-c2ccccc2-c2ccccc2Cl)c1F. The highest BCUT2D eigenvalue weighted by atomic mass is 35.5. The Morgan fingerprint density at radius 2 is 1.30 bits per heavy atom. The number of halogens is 2. The first kappa shape index (κ1) is 15.2. The van der Waals surface area contributed by atoms with Gasteiger partial charge in [0, 0.05) is 22.2 Å². The van der Waals surface area contributed by atoms with Crippen LogP contribution < -0.4 is 0 Å². The second-order valence-electron chi connectivity index (χ2n) is 4.92. The minimum absolute atomic E-state index is 0.176. The lowest BCUT2D eigenvalue weighted by Gasteiger charge is -2.12. The molecule has 0 radical (unpaired) electrons. The zero-order chi connectivity index (χ0) is 16.4. The van der Waals surface area contributed by atoms with Crippen molar-refractivity contribution in [3.05, 3.63) is 87.7 Å². The highest BCUT2D eigenvalue weighted by molar-refractivity contribution is 6.33. The van der Waals surface area contributed by atoms with E-state index in [9.17, 15) is 14.5 Å². The van der Waals surface area contributed by atoms with Crippen LogP contribution >= 0.6 is 11.6 Å². The summed E-state index contributed by atoms with van der Waals surface area (Å²) in [6.45, 7) is 0. The maximum absolute atomic E-state index is 14.5. The van der Waals surface area contributed by atoms with Gasteiger partial charge in [-0.2, -0.15) is 4.39 Å². The Bertz CT molecular complexity index is 896. The molecule has 0 bridgehead atoms.